The molecule has 1 aromatic heterocycles. The van der Waals surface area contributed by atoms with Gasteiger partial charge in [0, 0.05) is 11.8 Å². The normalized spacial score (nSPS) is 11.8. The van der Waals surface area contributed by atoms with E-state index in [1.54, 1.807) is 20.2 Å². The van der Waals surface area contributed by atoms with Crippen LogP contribution in [0.5, 0.6) is 5.75 Å². The Balaban J connectivity index is 1.48. The highest BCUT2D eigenvalue weighted by Gasteiger charge is 2.16. The average molecular weight is 383 g/mol. The maximum Gasteiger partial charge on any atom is 0.335 e. The SMILES string of the molecule is COc1cccc(COC(C)C(=O)OCc2cnc(-c3ccccc3)s2)c1. The van der Waals surface area contributed by atoms with E-state index in [0.29, 0.717) is 6.61 Å². The minimum absolute atomic E-state index is 0.191. The highest BCUT2D eigenvalue weighted by atomic mass is 32.1. The molecular weight excluding hydrogens is 362 g/mol. The molecular formula is C21H21NO4S. The number of methoxy groups -OCH3 is 1. The summed E-state index contributed by atoms with van der Waals surface area (Å²) >= 11 is 1.51. The minimum atomic E-state index is -0.655. The summed E-state index contributed by atoms with van der Waals surface area (Å²) in [6, 6.07) is 17.5. The van der Waals surface area contributed by atoms with Crippen molar-refractivity contribution in [2.75, 3.05) is 7.11 Å². The number of hydrogen-bond donors (Lipinski definition) is 0. The summed E-state index contributed by atoms with van der Waals surface area (Å²) in [7, 11) is 1.61. The van der Waals surface area contributed by atoms with Gasteiger partial charge in [-0.05, 0) is 24.6 Å². The van der Waals surface area contributed by atoms with Crippen molar-refractivity contribution in [3.05, 3.63) is 71.2 Å². The van der Waals surface area contributed by atoms with E-state index in [-0.39, 0.29) is 6.61 Å². The van der Waals surface area contributed by atoms with E-state index < -0.39 is 12.1 Å². The summed E-state index contributed by atoms with van der Waals surface area (Å²) in [5.74, 6) is 0.360. The number of thiazole rings is 1. The van der Waals surface area contributed by atoms with Crippen molar-refractivity contribution in [2.45, 2.75) is 26.2 Å². The van der Waals surface area contributed by atoms with E-state index in [0.717, 1.165) is 26.8 Å². The molecule has 0 aliphatic carbocycles. The van der Waals surface area contributed by atoms with Crippen LogP contribution in [0.1, 0.15) is 17.4 Å². The second-order valence-electron chi connectivity index (χ2n) is 5.91. The topological polar surface area (TPSA) is 57.7 Å². The van der Waals surface area contributed by atoms with Crippen LogP contribution in [0.15, 0.2) is 60.8 Å². The molecule has 0 aliphatic heterocycles. The molecule has 0 spiro atoms. The molecule has 1 unspecified atom stereocenters. The summed E-state index contributed by atoms with van der Waals surface area (Å²) in [6.07, 6.45) is 1.08. The lowest BCUT2D eigenvalue weighted by Gasteiger charge is -2.12. The molecule has 6 heteroatoms. The zero-order valence-corrected chi connectivity index (χ0v) is 16.1. The fourth-order valence-corrected chi connectivity index (χ4v) is 3.23. The summed E-state index contributed by atoms with van der Waals surface area (Å²) in [5, 5.41) is 0.906. The number of ether oxygens (including phenoxy) is 3. The molecule has 1 atom stereocenters. The molecule has 1 heterocycles. The van der Waals surface area contributed by atoms with Gasteiger partial charge in [-0.15, -0.1) is 11.3 Å². The molecule has 0 amide bonds. The van der Waals surface area contributed by atoms with E-state index in [9.17, 15) is 4.79 Å². The number of benzene rings is 2. The Morgan fingerprint density at radius 2 is 1.93 bits per heavy atom. The van der Waals surface area contributed by atoms with Crippen LogP contribution in [0.25, 0.3) is 10.6 Å². The number of esters is 1. The molecule has 140 valence electrons. The van der Waals surface area contributed by atoms with Gasteiger partial charge in [-0.1, -0.05) is 42.5 Å². The monoisotopic (exact) mass is 383 g/mol. The molecule has 0 bridgehead atoms. The van der Waals surface area contributed by atoms with Crippen LogP contribution in [-0.4, -0.2) is 24.2 Å². The van der Waals surface area contributed by atoms with Gasteiger partial charge < -0.3 is 14.2 Å². The molecule has 27 heavy (non-hydrogen) atoms. The third-order valence-corrected chi connectivity index (χ3v) is 4.92. The van der Waals surface area contributed by atoms with Gasteiger partial charge in [-0.25, -0.2) is 9.78 Å². The molecule has 2 aromatic carbocycles. The predicted molar refractivity (Wildman–Crippen MR) is 105 cm³/mol. The van der Waals surface area contributed by atoms with Crippen molar-refractivity contribution in [1.82, 2.24) is 4.98 Å². The van der Waals surface area contributed by atoms with Crippen molar-refractivity contribution in [3.8, 4) is 16.3 Å². The second-order valence-corrected chi connectivity index (χ2v) is 7.03. The van der Waals surface area contributed by atoms with Gasteiger partial charge in [0.1, 0.15) is 17.4 Å². The average Bonchev–Trinajstić information content (AvgIpc) is 3.20. The van der Waals surface area contributed by atoms with Crippen LogP contribution in [0, 0.1) is 0 Å². The summed E-state index contributed by atoms with van der Waals surface area (Å²) in [6.45, 7) is 2.19. The van der Waals surface area contributed by atoms with Crippen LogP contribution in [0.4, 0.5) is 0 Å². The molecule has 0 saturated carbocycles. The summed E-state index contributed by atoms with van der Waals surface area (Å²) < 4.78 is 16.1. The van der Waals surface area contributed by atoms with Gasteiger partial charge in [0.2, 0.25) is 0 Å². The summed E-state index contributed by atoms with van der Waals surface area (Å²) in [5.41, 5.74) is 1.99. The van der Waals surface area contributed by atoms with Gasteiger partial charge in [0.05, 0.1) is 18.6 Å². The van der Waals surface area contributed by atoms with Crippen molar-refractivity contribution < 1.29 is 19.0 Å². The third kappa shape index (κ3) is 5.39. The number of nitrogens with zero attached hydrogens (tertiary/aromatic N) is 1. The van der Waals surface area contributed by atoms with Gasteiger partial charge in [-0.2, -0.15) is 0 Å². The number of carbonyl (C=O) groups is 1. The molecule has 0 N–H and O–H groups in total. The lowest BCUT2D eigenvalue weighted by atomic mass is 10.2. The Bertz CT molecular complexity index is 879. The Morgan fingerprint density at radius 3 is 2.70 bits per heavy atom. The van der Waals surface area contributed by atoms with E-state index >= 15 is 0 Å². The largest absolute Gasteiger partial charge is 0.497 e. The zero-order valence-electron chi connectivity index (χ0n) is 15.3. The summed E-state index contributed by atoms with van der Waals surface area (Å²) in [4.78, 5) is 17.4. The Labute approximate surface area is 162 Å². The number of aromatic nitrogens is 1. The third-order valence-electron chi connectivity index (χ3n) is 3.90. The zero-order chi connectivity index (χ0) is 19.1. The van der Waals surface area contributed by atoms with E-state index in [1.807, 2.05) is 54.6 Å². The van der Waals surface area contributed by atoms with Gasteiger partial charge in [0.15, 0.2) is 6.10 Å². The first-order valence-electron chi connectivity index (χ1n) is 8.57. The highest BCUT2D eigenvalue weighted by Crippen LogP contribution is 2.25. The Hall–Kier alpha value is -2.70. The maximum atomic E-state index is 12.1. The standard InChI is InChI=1S/C21H21NO4S/c1-15(25-13-16-7-6-10-18(11-16)24-2)21(23)26-14-19-12-22-20(27-19)17-8-4-3-5-9-17/h3-12,15H,13-14H2,1-2H3. The first kappa shape index (κ1) is 19.1. The maximum absolute atomic E-state index is 12.1. The molecule has 3 aromatic rings. The highest BCUT2D eigenvalue weighted by molar-refractivity contribution is 7.15. The van der Waals surface area contributed by atoms with Crippen molar-refractivity contribution >= 4 is 17.3 Å². The first-order valence-corrected chi connectivity index (χ1v) is 9.38. The van der Waals surface area contributed by atoms with E-state index in [1.165, 1.54) is 11.3 Å². The lowest BCUT2D eigenvalue weighted by molar-refractivity contribution is -0.158. The minimum Gasteiger partial charge on any atom is -0.497 e. The van der Waals surface area contributed by atoms with Crippen LogP contribution in [0.2, 0.25) is 0 Å². The van der Waals surface area contributed by atoms with Crippen molar-refractivity contribution in [3.63, 3.8) is 0 Å². The molecule has 0 fully saturated rings. The van der Waals surface area contributed by atoms with Crippen LogP contribution in [-0.2, 0) is 27.5 Å². The molecule has 0 aliphatic rings. The van der Waals surface area contributed by atoms with E-state index in [4.69, 9.17) is 14.2 Å². The second kappa shape index (κ2) is 9.30. The van der Waals surface area contributed by atoms with Gasteiger partial charge >= 0.3 is 5.97 Å². The Morgan fingerprint density at radius 1 is 1.11 bits per heavy atom. The smallest absolute Gasteiger partial charge is 0.335 e. The molecule has 0 saturated heterocycles. The fourth-order valence-electron chi connectivity index (χ4n) is 2.40. The van der Waals surface area contributed by atoms with E-state index in [2.05, 4.69) is 4.98 Å². The predicted octanol–water partition coefficient (Wildman–Crippen LogP) is 4.47. The Kier molecular flexibility index (Phi) is 6.57. The van der Waals surface area contributed by atoms with Gasteiger partial charge in [-0.3, -0.25) is 0 Å². The first-order chi connectivity index (χ1) is 13.2. The van der Waals surface area contributed by atoms with Gasteiger partial charge in [0.25, 0.3) is 0 Å². The molecule has 5 nitrogen and oxygen atoms in total. The molecule has 3 rings (SSSR count). The number of rotatable bonds is 8. The van der Waals surface area contributed by atoms with Crippen LogP contribution < -0.4 is 4.74 Å². The number of hydrogen-bond acceptors (Lipinski definition) is 6. The van der Waals surface area contributed by atoms with Crippen LogP contribution >= 0.6 is 11.3 Å². The lowest BCUT2D eigenvalue weighted by Crippen LogP contribution is -2.23. The number of carbonyl (C=O) groups excluding carboxylic acids is 1. The van der Waals surface area contributed by atoms with Crippen LogP contribution in [0.3, 0.4) is 0 Å². The molecule has 0 radical (unpaired) electrons. The fraction of sp³-hybridized carbons (Fsp3) is 0.238. The van der Waals surface area contributed by atoms with Crippen molar-refractivity contribution in [2.24, 2.45) is 0 Å². The quantitative estimate of drug-likeness (QED) is 0.537. The van der Waals surface area contributed by atoms with Crippen molar-refractivity contribution in [1.29, 1.82) is 0 Å².